The largest absolute Gasteiger partial charge is 0.480 e. The van der Waals surface area contributed by atoms with Gasteiger partial charge in [0.2, 0.25) is 0 Å². The molecular formula is C10H13NO3S. The van der Waals surface area contributed by atoms with Gasteiger partial charge in [0.1, 0.15) is 17.0 Å². The van der Waals surface area contributed by atoms with Crippen LogP contribution in [0.5, 0.6) is 0 Å². The van der Waals surface area contributed by atoms with Crippen molar-refractivity contribution in [3.05, 3.63) is 30.3 Å². The molecule has 0 fully saturated rings. The minimum atomic E-state index is -1.46. The molecular weight excluding hydrogens is 214 g/mol. The summed E-state index contributed by atoms with van der Waals surface area (Å²) >= 11 is 0. The lowest BCUT2D eigenvalue weighted by Crippen LogP contribution is -2.37. The van der Waals surface area contributed by atoms with Crippen molar-refractivity contribution in [3.8, 4) is 0 Å². The summed E-state index contributed by atoms with van der Waals surface area (Å²) in [7, 11) is -1.46. The highest BCUT2D eigenvalue weighted by Crippen LogP contribution is 2.04. The zero-order chi connectivity index (χ0) is 11.3. The van der Waals surface area contributed by atoms with Crippen molar-refractivity contribution < 1.29 is 14.1 Å². The van der Waals surface area contributed by atoms with Crippen LogP contribution in [0.2, 0.25) is 0 Å². The van der Waals surface area contributed by atoms with Crippen LogP contribution in [0.3, 0.4) is 0 Å². The summed E-state index contributed by atoms with van der Waals surface area (Å²) in [6.45, 7) is 1.73. The summed E-state index contributed by atoms with van der Waals surface area (Å²) in [4.78, 5) is 11.3. The minimum Gasteiger partial charge on any atom is -0.480 e. The highest BCUT2D eigenvalue weighted by atomic mass is 32.2. The standard InChI is InChI=1S/C10H13NO3S/c1-2-9(10(12)13)11-15(14)8-6-4-3-5-7-8/h3-7,9,11H,2H2,1H3,(H,12,13)/t9-,15?/m0/s1. The number of nitrogens with one attached hydrogen (secondary N) is 1. The maximum absolute atomic E-state index is 11.7. The quantitative estimate of drug-likeness (QED) is 0.793. The van der Waals surface area contributed by atoms with E-state index >= 15 is 0 Å². The normalized spacial score (nSPS) is 14.5. The van der Waals surface area contributed by atoms with Gasteiger partial charge in [0.05, 0.1) is 4.90 Å². The first kappa shape index (κ1) is 11.9. The molecule has 15 heavy (non-hydrogen) atoms. The van der Waals surface area contributed by atoms with Crippen molar-refractivity contribution in [1.29, 1.82) is 0 Å². The summed E-state index contributed by atoms with van der Waals surface area (Å²) in [5.74, 6) is -0.984. The third kappa shape index (κ3) is 3.45. The first-order chi connectivity index (χ1) is 7.15. The van der Waals surface area contributed by atoms with Gasteiger partial charge >= 0.3 is 5.97 Å². The first-order valence-corrected chi connectivity index (χ1v) is 5.76. The fourth-order valence-corrected chi connectivity index (χ4v) is 2.12. The zero-order valence-electron chi connectivity index (χ0n) is 8.34. The van der Waals surface area contributed by atoms with Gasteiger partial charge in [-0.1, -0.05) is 25.1 Å². The molecule has 0 aliphatic carbocycles. The second-order valence-electron chi connectivity index (χ2n) is 3.00. The van der Waals surface area contributed by atoms with Gasteiger partial charge < -0.3 is 5.11 Å². The number of carbonyl (C=O) groups is 1. The Balaban J connectivity index is 2.67. The molecule has 2 N–H and O–H groups in total. The first-order valence-electron chi connectivity index (χ1n) is 4.61. The Labute approximate surface area is 90.9 Å². The van der Waals surface area contributed by atoms with Crippen LogP contribution in [-0.4, -0.2) is 21.3 Å². The van der Waals surface area contributed by atoms with E-state index in [-0.39, 0.29) is 0 Å². The van der Waals surface area contributed by atoms with Gasteiger partial charge in [0.25, 0.3) is 0 Å². The SMILES string of the molecule is CC[C@H](NS(=O)c1ccccc1)C(=O)O. The molecule has 0 saturated carbocycles. The van der Waals surface area contributed by atoms with Gasteiger partial charge in [-0.2, -0.15) is 0 Å². The second-order valence-corrected chi connectivity index (χ2v) is 4.24. The van der Waals surface area contributed by atoms with Crippen molar-refractivity contribution in [2.75, 3.05) is 0 Å². The van der Waals surface area contributed by atoms with Crippen LogP contribution in [0.15, 0.2) is 35.2 Å². The van der Waals surface area contributed by atoms with E-state index in [0.29, 0.717) is 11.3 Å². The Hall–Kier alpha value is -1.20. The molecule has 1 aromatic rings. The van der Waals surface area contributed by atoms with Crippen molar-refractivity contribution in [2.24, 2.45) is 0 Å². The molecule has 0 saturated heterocycles. The number of rotatable bonds is 5. The Morgan fingerprint density at radius 3 is 2.53 bits per heavy atom. The van der Waals surface area contributed by atoms with Crippen LogP contribution in [0.4, 0.5) is 0 Å². The number of aliphatic carboxylic acids is 1. The van der Waals surface area contributed by atoms with Crippen LogP contribution in [0.25, 0.3) is 0 Å². The Morgan fingerprint density at radius 1 is 1.47 bits per heavy atom. The van der Waals surface area contributed by atoms with E-state index in [1.54, 1.807) is 31.2 Å². The summed E-state index contributed by atoms with van der Waals surface area (Å²) in [5.41, 5.74) is 0. The van der Waals surface area contributed by atoms with E-state index in [4.69, 9.17) is 5.11 Å². The molecule has 5 heteroatoms. The summed E-state index contributed by atoms with van der Waals surface area (Å²) in [6.07, 6.45) is 0.397. The van der Waals surface area contributed by atoms with Gasteiger partial charge in [0, 0.05) is 0 Å². The van der Waals surface area contributed by atoms with Gasteiger partial charge in [-0.15, -0.1) is 0 Å². The molecule has 1 unspecified atom stereocenters. The minimum absolute atomic E-state index is 0.397. The number of benzene rings is 1. The molecule has 0 aliphatic heterocycles. The molecule has 0 aliphatic rings. The molecule has 0 bridgehead atoms. The van der Waals surface area contributed by atoms with E-state index < -0.39 is 23.0 Å². The molecule has 1 rings (SSSR count). The number of carboxylic acids is 1. The average molecular weight is 227 g/mol. The van der Waals surface area contributed by atoms with Crippen LogP contribution in [0.1, 0.15) is 13.3 Å². The number of hydrogen-bond acceptors (Lipinski definition) is 2. The molecule has 4 nitrogen and oxygen atoms in total. The van der Waals surface area contributed by atoms with Crippen LogP contribution >= 0.6 is 0 Å². The fraction of sp³-hybridized carbons (Fsp3) is 0.300. The lowest BCUT2D eigenvalue weighted by atomic mass is 10.2. The summed E-state index contributed by atoms with van der Waals surface area (Å²) in [5, 5.41) is 8.77. The van der Waals surface area contributed by atoms with E-state index in [2.05, 4.69) is 4.72 Å². The maximum Gasteiger partial charge on any atom is 0.321 e. The number of hydrogen-bond donors (Lipinski definition) is 2. The van der Waals surface area contributed by atoms with Gasteiger partial charge in [0.15, 0.2) is 0 Å². The predicted octanol–water partition coefficient (Wildman–Crippen LogP) is 1.16. The Kier molecular flexibility index (Phi) is 4.45. The molecule has 0 radical (unpaired) electrons. The maximum atomic E-state index is 11.7. The Morgan fingerprint density at radius 2 is 2.07 bits per heavy atom. The van der Waals surface area contributed by atoms with Crippen LogP contribution < -0.4 is 4.72 Å². The molecule has 0 spiro atoms. The molecule has 82 valence electrons. The smallest absolute Gasteiger partial charge is 0.321 e. The van der Waals surface area contributed by atoms with E-state index in [9.17, 15) is 9.00 Å². The van der Waals surface area contributed by atoms with Crippen molar-refractivity contribution in [1.82, 2.24) is 4.72 Å². The van der Waals surface area contributed by atoms with E-state index in [0.717, 1.165) is 0 Å². The highest BCUT2D eigenvalue weighted by molar-refractivity contribution is 7.83. The molecule has 1 aromatic carbocycles. The molecule has 0 heterocycles. The molecule has 0 aromatic heterocycles. The van der Waals surface area contributed by atoms with E-state index in [1.807, 2.05) is 6.07 Å². The monoisotopic (exact) mass is 227 g/mol. The fourth-order valence-electron chi connectivity index (χ4n) is 1.05. The highest BCUT2D eigenvalue weighted by Gasteiger charge is 2.17. The van der Waals surface area contributed by atoms with Crippen molar-refractivity contribution in [3.63, 3.8) is 0 Å². The molecule has 0 amide bonds. The lowest BCUT2D eigenvalue weighted by molar-refractivity contribution is -0.138. The second kappa shape index (κ2) is 5.63. The summed E-state index contributed by atoms with van der Waals surface area (Å²) in [6, 6.07) is 7.95. The van der Waals surface area contributed by atoms with Gasteiger partial charge in [-0.25, -0.2) is 8.93 Å². The third-order valence-electron chi connectivity index (χ3n) is 1.91. The molecule has 2 atom stereocenters. The van der Waals surface area contributed by atoms with Crippen molar-refractivity contribution in [2.45, 2.75) is 24.3 Å². The topological polar surface area (TPSA) is 66.4 Å². The van der Waals surface area contributed by atoms with Gasteiger partial charge in [-0.05, 0) is 18.6 Å². The van der Waals surface area contributed by atoms with Crippen molar-refractivity contribution >= 4 is 17.0 Å². The zero-order valence-corrected chi connectivity index (χ0v) is 9.16. The third-order valence-corrected chi connectivity index (χ3v) is 3.11. The number of carboxylic acid groups (broad SMARTS) is 1. The lowest BCUT2D eigenvalue weighted by Gasteiger charge is -2.11. The van der Waals surface area contributed by atoms with Gasteiger partial charge in [-0.3, -0.25) is 4.79 Å². The summed E-state index contributed by atoms with van der Waals surface area (Å²) < 4.78 is 14.2. The van der Waals surface area contributed by atoms with Crippen LogP contribution in [0, 0.1) is 0 Å². The average Bonchev–Trinajstić information content (AvgIpc) is 2.26. The predicted molar refractivity (Wildman–Crippen MR) is 57.7 cm³/mol. The Bertz CT molecular complexity index is 353. The van der Waals surface area contributed by atoms with E-state index in [1.165, 1.54) is 0 Å². The van der Waals surface area contributed by atoms with Crippen LogP contribution in [-0.2, 0) is 15.8 Å².